The van der Waals surface area contributed by atoms with E-state index in [1.54, 1.807) is 24.3 Å². The van der Waals surface area contributed by atoms with E-state index in [0.29, 0.717) is 11.3 Å². The van der Waals surface area contributed by atoms with E-state index in [4.69, 9.17) is 10.00 Å². The zero-order valence-electron chi connectivity index (χ0n) is 18.3. The summed E-state index contributed by atoms with van der Waals surface area (Å²) in [7, 11) is 0. The highest BCUT2D eigenvalue weighted by atomic mass is 16.5. The van der Waals surface area contributed by atoms with Crippen molar-refractivity contribution in [3.8, 4) is 11.8 Å². The minimum Gasteiger partial charge on any atom is -0.426 e. The second-order valence-corrected chi connectivity index (χ2v) is 9.86. The van der Waals surface area contributed by atoms with Crippen LogP contribution >= 0.6 is 0 Å². The van der Waals surface area contributed by atoms with Crippen LogP contribution in [-0.2, 0) is 4.79 Å². The third kappa shape index (κ3) is 4.97. The molecule has 0 heterocycles. The first-order chi connectivity index (χ1) is 14.7. The number of hydrogen-bond acceptors (Lipinski definition) is 3. The summed E-state index contributed by atoms with van der Waals surface area (Å²) < 4.78 is 5.58. The van der Waals surface area contributed by atoms with Crippen LogP contribution in [0, 0.1) is 46.8 Å². The van der Waals surface area contributed by atoms with Gasteiger partial charge in [0, 0.05) is 0 Å². The maximum Gasteiger partial charge on any atom is 0.314 e. The van der Waals surface area contributed by atoms with Gasteiger partial charge in [-0.3, -0.25) is 4.79 Å². The second kappa shape index (κ2) is 9.82. The highest BCUT2D eigenvalue weighted by Crippen LogP contribution is 2.49. The van der Waals surface area contributed by atoms with Crippen molar-refractivity contribution in [2.75, 3.05) is 0 Å². The molecule has 0 amide bonds. The highest BCUT2D eigenvalue weighted by molar-refractivity contribution is 5.75. The zero-order valence-corrected chi connectivity index (χ0v) is 18.3. The van der Waals surface area contributed by atoms with Gasteiger partial charge in [0.05, 0.1) is 17.6 Å². The van der Waals surface area contributed by atoms with Crippen molar-refractivity contribution in [1.82, 2.24) is 0 Å². The van der Waals surface area contributed by atoms with Crippen LogP contribution in [-0.4, -0.2) is 5.97 Å². The van der Waals surface area contributed by atoms with Crippen LogP contribution in [0.15, 0.2) is 36.4 Å². The van der Waals surface area contributed by atoms with Gasteiger partial charge in [0.1, 0.15) is 5.75 Å². The summed E-state index contributed by atoms with van der Waals surface area (Å²) in [4.78, 5) is 12.6. The monoisotopic (exact) mass is 405 g/mol. The summed E-state index contributed by atoms with van der Waals surface area (Å²) >= 11 is 0. The average molecular weight is 406 g/mol. The van der Waals surface area contributed by atoms with Crippen molar-refractivity contribution in [1.29, 1.82) is 5.26 Å². The Balaban J connectivity index is 1.24. The number of nitrogens with zero attached hydrogens (tertiary/aromatic N) is 1. The SMILES string of the molecule is C/C=C/C1CCC2CC(C3CCC(C(=O)Oc4ccc(C#N)cc4)CC3)CCC2C1. The van der Waals surface area contributed by atoms with Crippen LogP contribution in [0.5, 0.6) is 5.75 Å². The molecular weight excluding hydrogens is 370 g/mol. The molecule has 0 aliphatic heterocycles. The number of carbonyl (C=O) groups excluding carboxylic acids is 1. The summed E-state index contributed by atoms with van der Waals surface area (Å²) in [5.74, 6) is 4.89. The van der Waals surface area contributed by atoms with Gasteiger partial charge in [-0.1, -0.05) is 12.2 Å². The molecule has 0 bridgehead atoms. The lowest BCUT2D eigenvalue weighted by Gasteiger charge is -2.45. The number of hydrogen-bond donors (Lipinski definition) is 0. The molecule has 0 saturated heterocycles. The fourth-order valence-corrected chi connectivity index (χ4v) is 6.46. The lowest BCUT2D eigenvalue weighted by molar-refractivity contribution is -0.140. The first-order valence-corrected chi connectivity index (χ1v) is 12.0. The minimum absolute atomic E-state index is 0.0319. The Morgan fingerprint density at radius 1 is 0.900 bits per heavy atom. The summed E-state index contributed by atoms with van der Waals surface area (Å²) in [6, 6.07) is 8.91. The van der Waals surface area contributed by atoms with Crippen molar-refractivity contribution >= 4 is 5.97 Å². The number of allylic oxidation sites excluding steroid dienone is 2. The normalized spacial score (nSPS) is 34.1. The Morgan fingerprint density at radius 3 is 2.17 bits per heavy atom. The third-order valence-electron chi connectivity index (χ3n) is 8.13. The van der Waals surface area contributed by atoms with Gasteiger partial charge < -0.3 is 4.74 Å². The molecule has 1 aromatic carbocycles. The summed E-state index contributed by atoms with van der Waals surface area (Å²) in [5, 5.41) is 8.88. The Bertz CT molecular complexity index is 782. The third-order valence-corrected chi connectivity index (χ3v) is 8.13. The first-order valence-electron chi connectivity index (χ1n) is 12.0. The molecule has 3 aliphatic carbocycles. The zero-order chi connectivity index (χ0) is 20.9. The van der Waals surface area contributed by atoms with E-state index >= 15 is 0 Å². The summed E-state index contributed by atoms with van der Waals surface area (Å²) in [6.45, 7) is 2.15. The van der Waals surface area contributed by atoms with Crippen LogP contribution in [0.4, 0.5) is 0 Å². The summed E-state index contributed by atoms with van der Waals surface area (Å²) in [6.07, 6.45) is 17.4. The van der Waals surface area contributed by atoms with Gasteiger partial charge in [0.25, 0.3) is 0 Å². The van der Waals surface area contributed by atoms with Gasteiger partial charge in [0.15, 0.2) is 0 Å². The predicted octanol–water partition coefficient (Wildman–Crippen LogP) is 6.68. The highest BCUT2D eigenvalue weighted by Gasteiger charge is 2.39. The van der Waals surface area contributed by atoms with Gasteiger partial charge in [-0.25, -0.2) is 0 Å². The smallest absolute Gasteiger partial charge is 0.314 e. The molecule has 3 fully saturated rings. The molecule has 4 atom stereocenters. The topological polar surface area (TPSA) is 50.1 Å². The van der Waals surface area contributed by atoms with Crippen molar-refractivity contribution in [2.24, 2.45) is 35.5 Å². The van der Waals surface area contributed by atoms with Gasteiger partial charge in [-0.15, -0.1) is 0 Å². The van der Waals surface area contributed by atoms with E-state index in [0.717, 1.165) is 42.4 Å². The van der Waals surface area contributed by atoms with E-state index in [2.05, 4.69) is 25.1 Å². The summed E-state index contributed by atoms with van der Waals surface area (Å²) in [5.41, 5.74) is 0.584. The van der Waals surface area contributed by atoms with E-state index in [-0.39, 0.29) is 11.9 Å². The number of rotatable bonds is 4. The fraction of sp³-hybridized carbons (Fsp3) is 0.630. The molecule has 30 heavy (non-hydrogen) atoms. The molecule has 0 spiro atoms. The number of ether oxygens (including phenoxy) is 1. The number of fused-ring (bicyclic) bond motifs is 1. The maximum absolute atomic E-state index is 12.6. The van der Waals surface area contributed by atoms with Crippen LogP contribution < -0.4 is 4.74 Å². The first kappa shape index (κ1) is 21.2. The Morgan fingerprint density at radius 2 is 1.50 bits per heavy atom. The Hall–Kier alpha value is -2.08. The van der Waals surface area contributed by atoms with Crippen molar-refractivity contribution < 1.29 is 9.53 Å². The van der Waals surface area contributed by atoms with Gasteiger partial charge in [-0.05, 0) is 125 Å². The van der Waals surface area contributed by atoms with E-state index in [9.17, 15) is 4.79 Å². The van der Waals surface area contributed by atoms with Crippen LogP contribution in [0.25, 0.3) is 0 Å². The average Bonchev–Trinajstić information content (AvgIpc) is 2.79. The molecule has 3 nitrogen and oxygen atoms in total. The van der Waals surface area contributed by atoms with Gasteiger partial charge in [-0.2, -0.15) is 5.26 Å². The lowest BCUT2D eigenvalue weighted by Crippen LogP contribution is -2.35. The molecule has 160 valence electrons. The van der Waals surface area contributed by atoms with E-state index < -0.39 is 0 Å². The van der Waals surface area contributed by atoms with Crippen molar-refractivity contribution in [3.63, 3.8) is 0 Å². The lowest BCUT2D eigenvalue weighted by atomic mass is 9.61. The van der Waals surface area contributed by atoms with Crippen LogP contribution in [0.2, 0.25) is 0 Å². The Labute approximate surface area is 181 Å². The maximum atomic E-state index is 12.6. The van der Waals surface area contributed by atoms with Crippen molar-refractivity contribution in [2.45, 2.75) is 71.1 Å². The fourth-order valence-electron chi connectivity index (χ4n) is 6.46. The number of esters is 1. The Kier molecular flexibility index (Phi) is 6.93. The molecule has 3 saturated carbocycles. The predicted molar refractivity (Wildman–Crippen MR) is 119 cm³/mol. The van der Waals surface area contributed by atoms with Crippen molar-refractivity contribution in [3.05, 3.63) is 42.0 Å². The number of nitriles is 1. The number of benzene rings is 1. The minimum atomic E-state index is -0.0934. The molecular formula is C27H35NO2. The number of carbonyl (C=O) groups is 1. The van der Waals surface area contributed by atoms with E-state index in [1.165, 1.54) is 51.4 Å². The second-order valence-electron chi connectivity index (χ2n) is 9.86. The standard InChI is InChI=1S/C27H35NO2/c1-2-3-19-4-7-25-17-24(13-12-23(25)16-19)21-8-10-22(11-9-21)27(29)30-26-14-5-20(18-28)6-15-26/h2-3,5-6,14-15,19,21-25H,4,7-13,16-17H2,1H3/b3-2+. The largest absolute Gasteiger partial charge is 0.426 e. The molecule has 4 rings (SSSR count). The molecule has 0 N–H and O–H groups in total. The van der Waals surface area contributed by atoms with Gasteiger partial charge in [0.2, 0.25) is 0 Å². The van der Waals surface area contributed by atoms with E-state index in [1.807, 2.05) is 0 Å². The van der Waals surface area contributed by atoms with Crippen LogP contribution in [0.3, 0.4) is 0 Å². The van der Waals surface area contributed by atoms with Gasteiger partial charge >= 0.3 is 5.97 Å². The quantitative estimate of drug-likeness (QED) is 0.319. The molecule has 3 heteroatoms. The molecule has 0 radical (unpaired) electrons. The molecule has 1 aromatic rings. The molecule has 0 aromatic heterocycles. The molecule has 3 aliphatic rings. The van der Waals surface area contributed by atoms with Crippen LogP contribution in [0.1, 0.15) is 76.7 Å². The molecule has 4 unspecified atom stereocenters.